The van der Waals surface area contributed by atoms with E-state index in [0.29, 0.717) is 0 Å². The summed E-state index contributed by atoms with van der Waals surface area (Å²) in [6.45, 7) is 6.12. The molecule has 0 saturated carbocycles. The Morgan fingerprint density at radius 2 is 1.82 bits per heavy atom. The van der Waals surface area contributed by atoms with Crippen LogP contribution in [0.2, 0.25) is 0 Å². The van der Waals surface area contributed by atoms with Gasteiger partial charge in [-0.2, -0.15) is 5.26 Å². The van der Waals surface area contributed by atoms with E-state index in [1.54, 1.807) is 5.01 Å². The molecule has 0 spiro atoms. The van der Waals surface area contributed by atoms with Crippen LogP contribution in [0.3, 0.4) is 0 Å². The van der Waals surface area contributed by atoms with Gasteiger partial charge in [-0.25, -0.2) is 10.4 Å². The van der Waals surface area contributed by atoms with E-state index in [2.05, 4.69) is 11.5 Å². The highest BCUT2D eigenvalue weighted by molar-refractivity contribution is 4.96. The van der Waals surface area contributed by atoms with Gasteiger partial charge in [0.15, 0.2) is 0 Å². The van der Waals surface area contributed by atoms with E-state index in [0.717, 1.165) is 0 Å². The second-order valence-electron chi connectivity index (χ2n) is 3.95. The third-order valence-electron chi connectivity index (χ3n) is 1.38. The fourth-order valence-electron chi connectivity index (χ4n) is 0.674. The maximum atomic E-state index is 8.77. The molecule has 0 aromatic heterocycles. The highest BCUT2D eigenvalue weighted by atomic mass is 15.5. The van der Waals surface area contributed by atoms with Crippen molar-refractivity contribution >= 4 is 0 Å². The summed E-state index contributed by atoms with van der Waals surface area (Å²) in [6.07, 6.45) is 0. The Hall–Kier alpha value is -0.590. The molecule has 0 bridgehead atoms. The van der Waals surface area contributed by atoms with Crippen molar-refractivity contribution in [2.24, 2.45) is 5.41 Å². The van der Waals surface area contributed by atoms with E-state index in [9.17, 15) is 0 Å². The Labute approximate surface area is 69.0 Å². The predicted molar refractivity (Wildman–Crippen MR) is 45.7 cm³/mol. The lowest BCUT2D eigenvalue weighted by molar-refractivity contribution is 0.190. The van der Waals surface area contributed by atoms with Gasteiger partial charge in [0.1, 0.15) is 6.04 Å². The number of hydrogen-bond donors (Lipinski definition) is 1. The summed E-state index contributed by atoms with van der Waals surface area (Å²) in [6, 6.07) is 2.09. The molecule has 0 aromatic carbocycles. The maximum absolute atomic E-state index is 8.77. The summed E-state index contributed by atoms with van der Waals surface area (Å²) >= 11 is 0. The molecule has 0 radical (unpaired) electrons. The van der Waals surface area contributed by atoms with Gasteiger partial charge in [-0.05, 0) is 5.41 Å². The molecule has 1 atom stereocenters. The van der Waals surface area contributed by atoms with Crippen molar-refractivity contribution in [3.63, 3.8) is 0 Å². The lowest BCUT2D eigenvalue weighted by Crippen LogP contribution is -2.46. The second kappa shape index (κ2) is 3.70. The summed E-state index contributed by atoms with van der Waals surface area (Å²) in [5.74, 6) is 0. The van der Waals surface area contributed by atoms with Crippen LogP contribution in [-0.4, -0.2) is 25.1 Å². The van der Waals surface area contributed by atoms with Gasteiger partial charge in [-0.3, -0.25) is 0 Å². The van der Waals surface area contributed by atoms with Gasteiger partial charge in [0, 0.05) is 14.1 Å². The molecule has 3 heteroatoms. The molecule has 0 aromatic rings. The SMILES string of the molecule is CN(C)NC(C#N)C(C)(C)C. The summed E-state index contributed by atoms with van der Waals surface area (Å²) in [4.78, 5) is 0. The fourth-order valence-corrected chi connectivity index (χ4v) is 0.674. The zero-order valence-corrected chi connectivity index (χ0v) is 7.97. The van der Waals surface area contributed by atoms with E-state index in [4.69, 9.17) is 5.26 Å². The molecule has 0 aliphatic carbocycles. The molecular formula is C8H17N3. The van der Waals surface area contributed by atoms with Gasteiger partial charge in [0.05, 0.1) is 6.07 Å². The number of nitriles is 1. The first kappa shape index (κ1) is 10.4. The van der Waals surface area contributed by atoms with E-state index in [1.807, 2.05) is 34.9 Å². The molecule has 0 saturated heterocycles. The Morgan fingerprint density at radius 1 is 1.36 bits per heavy atom. The van der Waals surface area contributed by atoms with Crippen molar-refractivity contribution in [3.05, 3.63) is 0 Å². The summed E-state index contributed by atoms with van der Waals surface area (Å²) in [5, 5.41) is 10.6. The van der Waals surface area contributed by atoms with Crippen molar-refractivity contribution < 1.29 is 0 Å². The summed E-state index contributed by atoms with van der Waals surface area (Å²) in [5.41, 5.74) is 3.03. The van der Waals surface area contributed by atoms with Gasteiger partial charge in [-0.1, -0.05) is 20.8 Å². The molecule has 0 aliphatic heterocycles. The first-order chi connectivity index (χ1) is 4.88. The van der Waals surface area contributed by atoms with Crippen LogP contribution in [0.1, 0.15) is 20.8 Å². The van der Waals surface area contributed by atoms with Gasteiger partial charge < -0.3 is 0 Å². The van der Waals surface area contributed by atoms with E-state index in [1.165, 1.54) is 0 Å². The molecule has 0 amide bonds. The van der Waals surface area contributed by atoms with Crippen LogP contribution in [0.4, 0.5) is 0 Å². The maximum Gasteiger partial charge on any atom is 0.113 e. The molecule has 0 heterocycles. The molecular weight excluding hydrogens is 138 g/mol. The van der Waals surface area contributed by atoms with Crippen molar-refractivity contribution in [2.45, 2.75) is 26.8 Å². The molecule has 0 aliphatic rings. The normalized spacial score (nSPS) is 14.6. The van der Waals surface area contributed by atoms with Gasteiger partial charge in [0.25, 0.3) is 0 Å². The summed E-state index contributed by atoms with van der Waals surface area (Å²) in [7, 11) is 3.77. The van der Waals surface area contributed by atoms with Crippen LogP contribution >= 0.6 is 0 Å². The molecule has 64 valence electrons. The van der Waals surface area contributed by atoms with Crippen LogP contribution in [0, 0.1) is 16.7 Å². The lowest BCUT2D eigenvalue weighted by Gasteiger charge is -2.28. The monoisotopic (exact) mass is 155 g/mol. The number of rotatable bonds is 2. The minimum atomic E-state index is -0.127. The minimum absolute atomic E-state index is 0.0149. The standard InChI is InChI=1S/C8H17N3/c1-8(2,3)7(6-9)10-11(4)5/h7,10H,1-5H3. The zero-order chi connectivity index (χ0) is 9.07. The largest absolute Gasteiger partial charge is 0.249 e. The van der Waals surface area contributed by atoms with E-state index >= 15 is 0 Å². The van der Waals surface area contributed by atoms with Crippen molar-refractivity contribution in [3.8, 4) is 6.07 Å². The van der Waals surface area contributed by atoms with Crippen molar-refractivity contribution in [1.29, 1.82) is 5.26 Å². The Bertz CT molecular complexity index is 150. The fraction of sp³-hybridized carbons (Fsp3) is 0.875. The number of nitrogens with zero attached hydrogens (tertiary/aromatic N) is 2. The third-order valence-corrected chi connectivity index (χ3v) is 1.38. The smallest absolute Gasteiger partial charge is 0.113 e. The molecule has 1 N–H and O–H groups in total. The molecule has 1 unspecified atom stereocenters. The Morgan fingerprint density at radius 3 is 1.91 bits per heavy atom. The van der Waals surface area contributed by atoms with Gasteiger partial charge in [0.2, 0.25) is 0 Å². The highest BCUT2D eigenvalue weighted by Crippen LogP contribution is 2.18. The van der Waals surface area contributed by atoms with Crippen LogP contribution in [0.5, 0.6) is 0 Å². The van der Waals surface area contributed by atoms with Crippen LogP contribution in [0.25, 0.3) is 0 Å². The zero-order valence-electron chi connectivity index (χ0n) is 7.97. The molecule has 3 nitrogen and oxygen atoms in total. The summed E-state index contributed by atoms with van der Waals surface area (Å²) < 4.78 is 0. The average Bonchev–Trinajstić information content (AvgIpc) is 1.79. The molecule has 11 heavy (non-hydrogen) atoms. The molecule has 0 rings (SSSR count). The Balaban J connectivity index is 4.11. The minimum Gasteiger partial charge on any atom is -0.249 e. The number of nitrogens with one attached hydrogen (secondary N) is 1. The number of hydrazine groups is 1. The Kier molecular flexibility index (Phi) is 3.50. The third kappa shape index (κ3) is 3.97. The van der Waals surface area contributed by atoms with Gasteiger partial charge >= 0.3 is 0 Å². The van der Waals surface area contributed by atoms with Crippen LogP contribution < -0.4 is 5.43 Å². The topological polar surface area (TPSA) is 39.1 Å². The van der Waals surface area contributed by atoms with Crippen LogP contribution in [-0.2, 0) is 0 Å². The van der Waals surface area contributed by atoms with Gasteiger partial charge in [-0.15, -0.1) is 0 Å². The average molecular weight is 155 g/mol. The van der Waals surface area contributed by atoms with E-state index in [-0.39, 0.29) is 11.5 Å². The quantitative estimate of drug-likeness (QED) is 0.604. The second-order valence-corrected chi connectivity index (χ2v) is 3.95. The lowest BCUT2D eigenvalue weighted by atomic mass is 9.88. The van der Waals surface area contributed by atoms with Crippen molar-refractivity contribution in [1.82, 2.24) is 10.4 Å². The first-order valence-electron chi connectivity index (χ1n) is 3.71. The number of hydrogen-bond acceptors (Lipinski definition) is 3. The predicted octanol–water partition coefficient (Wildman–Crippen LogP) is 0.991. The van der Waals surface area contributed by atoms with Crippen molar-refractivity contribution in [2.75, 3.05) is 14.1 Å². The van der Waals surface area contributed by atoms with Crippen LogP contribution in [0.15, 0.2) is 0 Å². The first-order valence-corrected chi connectivity index (χ1v) is 3.71. The molecule has 0 fully saturated rings. The van der Waals surface area contributed by atoms with E-state index < -0.39 is 0 Å². The highest BCUT2D eigenvalue weighted by Gasteiger charge is 2.24.